The third-order valence-electron chi connectivity index (χ3n) is 14.2. The van der Waals surface area contributed by atoms with Crippen molar-refractivity contribution in [1.29, 1.82) is 0 Å². The summed E-state index contributed by atoms with van der Waals surface area (Å²) in [5.74, 6) is 1.17. The van der Waals surface area contributed by atoms with Gasteiger partial charge < -0.3 is 28.4 Å². The molecule has 14 nitrogen and oxygen atoms in total. The minimum Gasteiger partial charge on any atom is -0.444 e. The molecular formula is C62H94N8O6. The quantitative estimate of drug-likeness (QED) is 0.145. The summed E-state index contributed by atoms with van der Waals surface area (Å²) in [7, 11) is 0. The zero-order valence-electron chi connectivity index (χ0n) is 50.5. The van der Waals surface area contributed by atoms with Crippen molar-refractivity contribution in [3.63, 3.8) is 0 Å². The maximum atomic E-state index is 14.9. The number of carbonyl (C=O) groups is 4. The lowest BCUT2D eigenvalue weighted by atomic mass is 9.94. The van der Waals surface area contributed by atoms with Crippen LogP contribution in [0.2, 0.25) is 0 Å². The monoisotopic (exact) mass is 1050 g/mol. The highest BCUT2D eigenvalue weighted by atomic mass is 16.6. The first-order valence-electron chi connectivity index (χ1n) is 27.9. The molecule has 2 saturated heterocycles. The molecule has 418 valence electrons. The minimum absolute atomic E-state index is 0.0876. The van der Waals surface area contributed by atoms with Crippen molar-refractivity contribution in [2.24, 2.45) is 11.8 Å². The Balaban J connectivity index is 1.28. The Morgan fingerprint density at radius 3 is 1.03 bits per heavy atom. The van der Waals surface area contributed by atoms with Gasteiger partial charge in [0, 0.05) is 35.2 Å². The fourth-order valence-electron chi connectivity index (χ4n) is 11.2. The molecule has 4 aromatic rings. The van der Waals surface area contributed by atoms with Crippen LogP contribution >= 0.6 is 0 Å². The molecule has 0 saturated carbocycles. The molecule has 0 radical (unpaired) electrons. The molecule has 0 bridgehead atoms. The average molecular weight is 1050 g/mol. The predicted octanol–water partition coefficient (Wildman–Crippen LogP) is 14.0. The molecule has 2 aromatic heterocycles. The lowest BCUT2D eigenvalue weighted by molar-refractivity contribution is -0.142. The first-order chi connectivity index (χ1) is 34.8. The number of hydrogen-bond acceptors (Lipinski definition) is 8. The Bertz CT molecular complexity index is 2510. The average Bonchev–Trinajstić information content (AvgIpc) is 4.10. The van der Waals surface area contributed by atoms with Crippen LogP contribution in [0.4, 0.5) is 9.59 Å². The van der Waals surface area contributed by atoms with Crippen LogP contribution in [0.3, 0.4) is 0 Å². The standard InChI is InChI=1S/C62H94N8O6/c1-39(2)49(69(59(11,12)13)55(73)75-61(17,18)19)53(71)65-35-23-25-45(65)51-63-37-47(67(51)57(5,6)7)43-31-27-41(28-32-43)42-29-33-44(34-30-42)48-38-64-52(68(48)58(8,9)10)46-26-24-36-66(46)54(72)50(40(3)4)70(60(14,15)16)56(74)76-62(20,21)22/h27-34,37-40,45-46,49-50H,23-26,35-36H2,1-22H3/t45?,46?,49-,50-/m0/s1. The molecule has 2 aliphatic rings. The van der Waals surface area contributed by atoms with Gasteiger partial charge in [0.15, 0.2) is 0 Å². The van der Waals surface area contributed by atoms with E-state index in [9.17, 15) is 19.2 Å². The van der Waals surface area contributed by atoms with E-state index in [4.69, 9.17) is 19.4 Å². The molecule has 4 atom stereocenters. The Hall–Kier alpha value is -5.66. The SMILES string of the molecule is CC(C)[C@@H](C(=O)N1CCCC1c1ncc(-c2ccc(-c3ccc(-c4cnc(C5CCCN5C(=O)[C@H](C(C)C)N(C(=O)OC(C)(C)C)C(C)(C)C)n4C(C)(C)C)cc3)cc2)n1C(C)(C)C)N(C(=O)OC(C)(C)C)C(C)(C)C. The molecule has 6 rings (SSSR count). The third kappa shape index (κ3) is 13.0. The molecular weight excluding hydrogens is 953 g/mol. The summed E-state index contributed by atoms with van der Waals surface area (Å²) in [6.07, 6.45) is 6.09. The van der Waals surface area contributed by atoms with Crippen molar-refractivity contribution >= 4 is 24.0 Å². The summed E-state index contributed by atoms with van der Waals surface area (Å²) in [6.45, 7) is 45.0. The van der Waals surface area contributed by atoms with E-state index in [2.05, 4.69) is 99.2 Å². The van der Waals surface area contributed by atoms with E-state index in [1.165, 1.54) is 0 Å². The van der Waals surface area contributed by atoms with Gasteiger partial charge in [-0.25, -0.2) is 19.6 Å². The highest BCUT2D eigenvalue weighted by Gasteiger charge is 2.48. The molecule has 4 heterocycles. The maximum Gasteiger partial charge on any atom is 0.411 e. The summed E-state index contributed by atoms with van der Waals surface area (Å²) in [5, 5.41) is 0. The van der Waals surface area contributed by atoms with Crippen LogP contribution in [-0.2, 0) is 30.1 Å². The van der Waals surface area contributed by atoms with E-state index in [1.54, 1.807) is 9.80 Å². The Kier molecular flexibility index (Phi) is 17.0. The molecule has 0 N–H and O–H groups in total. The third-order valence-corrected chi connectivity index (χ3v) is 14.2. The topological polar surface area (TPSA) is 135 Å². The molecule has 14 heteroatoms. The largest absolute Gasteiger partial charge is 0.444 e. The van der Waals surface area contributed by atoms with Crippen molar-refractivity contribution in [1.82, 2.24) is 38.7 Å². The summed E-state index contributed by atoms with van der Waals surface area (Å²) in [4.78, 5) is 75.0. The second-order valence-electron chi connectivity index (χ2n) is 28.0. The molecule has 0 aliphatic carbocycles. The van der Waals surface area contributed by atoms with Crippen LogP contribution in [0.1, 0.15) is 202 Å². The molecule has 2 fully saturated rings. The van der Waals surface area contributed by atoms with Gasteiger partial charge in [-0.1, -0.05) is 76.2 Å². The molecule has 0 spiro atoms. The van der Waals surface area contributed by atoms with Gasteiger partial charge >= 0.3 is 12.2 Å². The lowest BCUT2D eigenvalue weighted by Crippen LogP contribution is -2.60. The maximum absolute atomic E-state index is 14.9. The van der Waals surface area contributed by atoms with E-state index >= 15 is 0 Å². The summed E-state index contributed by atoms with van der Waals surface area (Å²) < 4.78 is 16.4. The first-order valence-corrected chi connectivity index (χ1v) is 27.9. The fraction of sp³-hybridized carbons (Fsp3) is 0.645. The van der Waals surface area contributed by atoms with E-state index in [1.807, 2.05) is 133 Å². The highest BCUT2D eigenvalue weighted by Crippen LogP contribution is 2.42. The Morgan fingerprint density at radius 2 is 0.776 bits per heavy atom. The normalized spacial score (nSPS) is 17.8. The summed E-state index contributed by atoms with van der Waals surface area (Å²) >= 11 is 0. The fourth-order valence-corrected chi connectivity index (χ4v) is 11.2. The second-order valence-corrected chi connectivity index (χ2v) is 28.0. The molecule has 76 heavy (non-hydrogen) atoms. The summed E-state index contributed by atoms with van der Waals surface area (Å²) in [6, 6.07) is 15.2. The molecule has 2 aliphatic heterocycles. The minimum atomic E-state index is -0.726. The highest BCUT2D eigenvalue weighted by molar-refractivity contribution is 5.88. The summed E-state index contributed by atoms with van der Waals surface area (Å²) in [5.41, 5.74) is 2.61. The number of aromatic nitrogens is 4. The predicted molar refractivity (Wildman–Crippen MR) is 305 cm³/mol. The Morgan fingerprint density at radius 1 is 0.487 bits per heavy atom. The number of imidazole rings is 2. The van der Waals surface area contributed by atoms with Crippen LogP contribution < -0.4 is 0 Å². The number of carbonyl (C=O) groups excluding carboxylic acids is 4. The van der Waals surface area contributed by atoms with Gasteiger partial charge in [-0.05, 0) is 184 Å². The number of ether oxygens (including phenoxy) is 2. The molecule has 2 unspecified atom stereocenters. The van der Waals surface area contributed by atoms with Gasteiger partial charge in [0.1, 0.15) is 34.9 Å². The first kappa shape index (κ1) is 59.6. The zero-order valence-corrected chi connectivity index (χ0v) is 50.5. The number of benzene rings is 2. The van der Waals surface area contributed by atoms with E-state index in [-0.39, 0.29) is 46.8 Å². The number of likely N-dealkylation sites (tertiary alicyclic amines) is 2. The Labute approximate surface area is 456 Å². The van der Waals surface area contributed by atoms with Crippen molar-refractivity contribution in [2.45, 2.75) is 236 Å². The van der Waals surface area contributed by atoms with Gasteiger partial charge in [0.2, 0.25) is 11.8 Å². The number of amides is 4. The van der Waals surface area contributed by atoms with Gasteiger partial charge in [-0.3, -0.25) is 19.4 Å². The van der Waals surface area contributed by atoms with Gasteiger partial charge in [0.25, 0.3) is 0 Å². The van der Waals surface area contributed by atoms with Crippen molar-refractivity contribution < 1.29 is 28.7 Å². The molecule has 4 amide bonds. The number of nitrogens with zero attached hydrogens (tertiary/aromatic N) is 8. The van der Waals surface area contributed by atoms with Crippen LogP contribution in [-0.4, -0.2) is 110 Å². The van der Waals surface area contributed by atoms with Crippen LogP contribution in [0.15, 0.2) is 60.9 Å². The van der Waals surface area contributed by atoms with Crippen molar-refractivity contribution in [2.75, 3.05) is 13.1 Å². The number of hydrogen-bond donors (Lipinski definition) is 0. The zero-order chi connectivity index (χ0) is 57.0. The van der Waals surface area contributed by atoms with Gasteiger partial charge in [-0.15, -0.1) is 0 Å². The van der Waals surface area contributed by atoms with Gasteiger partial charge in [0.05, 0.1) is 35.9 Å². The molecule has 2 aromatic carbocycles. The van der Waals surface area contributed by atoms with Crippen LogP contribution in [0, 0.1) is 11.8 Å². The van der Waals surface area contributed by atoms with Crippen LogP contribution in [0.5, 0.6) is 0 Å². The van der Waals surface area contributed by atoms with E-state index in [0.717, 1.165) is 71.0 Å². The van der Waals surface area contributed by atoms with E-state index in [0.29, 0.717) is 13.1 Å². The number of rotatable bonds is 11. The lowest BCUT2D eigenvalue weighted by Gasteiger charge is -2.44. The van der Waals surface area contributed by atoms with Crippen molar-refractivity contribution in [3.8, 4) is 33.6 Å². The van der Waals surface area contributed by atoms with Crippen molar-refractivity contribution in [3.05, 3.63) is 72.6 Å². The van der Waals surface area contributed by atoms with Gasteiger partial charge in [-0.2, -0.15) is 0 Å². The van der Waals surface area contributed by atoms with Crippen LogP contribution in [0.25, 0.3) is 33.6 Å². The smallest absolute Gasteiger partial charge is 0.411 e. The second kappa shape index (κ2) is 21.6. The van der Waals surface area contributed by atoms with E-state index < -0.39 is 46.6 Å².